The molecule has 0 atom stereocenters. The smallest absolute Gasteiger partial charge is 0.309 e. The largest absolute Gasteiger partial charge is 0.490 e. The van der Waals surface area contributed by atoms with E-state index in [9.17, 15) is 9.59 Å². The second-order valence-electron chi connectivity index (χ2n) is 3.61. The van der Waals surface area contributed by atoms with Crippen LogP contribution < -0.4 is 15.2 Å². The van der Waals surface area contributed by atoms with E-state index in [0.29, 0.717) is 18.1 Å². The minimum absolute atomic E-state index is 0.0355. The third kappa shape index (κ3) is 5.76. The molecule has 0 saturated heterocycles. The van der Waals surface area contributed by atoms with Crippen molar-refractivity contribution in [2.45, 2.75) is 13.3 Å². The molecule has 2 N–H and O–H groups in total. The molecule has 6 heteroatoms. The first-order valence-corrected chi connectivity index (χ1v) is 5.92. The van der Waals surface area contributed by atoms with Crippen molar-refractivity contribution in [3.8, 4) is 11.5 Å². The summed E-state index contributed by atoms with van der Waals surface area (Å²) >= 11 is 0. The predicted octanol–water partition coefficient (Wildman–Crippen LogP) is 0.883. The first kappa shape index (κ1) is 14.8. The van der Waals surface area contributed by atoms with Gasteiger partial charge in [0.25, 0.3) is 5.91 Å². The van der Waals surface area contributed by atoms with Crippen LogP contribution in [0.1, 0.15) is 13.3 Å². The van der Waals surface area contributed by atoms with Crippen LogP contribution >= 0.6 is 0 Å². The second kappa shape index (κ2) is 7.97. The van der Waals surface area contributed by atoms with Gasteiger partial charge in [-0.25, -0.2) is 0 Å². The first-order valence-electron chi connectivity index (χ1n) is 5.92. The van der Waals surface area contributed by atoms with Crippen LogP contribution in [-0.2, 0) is 14.3 Å². The van der Waals surface area contributed by atoms with Gasteiger partial charge < -0.3 is 19.9 Å². The van der Waals surface area contributed by atoms with E-state index in [2.05, 4.69) is 4.74 Å². The van der Waals surface area contributed by atoms with Crippen LogP contribution in [0.15, 0.2) is 24.3 Å². The van der Waals surface area contributed by atoms with E-state index >= 15 is 0 Å². The van der Waals surface area contributed by atoms with Crippen LogP contribution in [0.3, 0.4) is 0 Å². The number of benzene rings is 1. The van der Waals surface area contributed by atoms with Crippen molar-refractivity contribution in [2.75, 3.05) is 19.8 Å². The minimum atomic E-state index is -0.684. The number of hydrogen-bond donors (Lipinski definition) is 1. The fourth-order valence-corrected chi connectivity index (χ4v) is 1.31. The van der Waals surface area contributed by atoms with E-state index in [1.165, 1.54) is 0 Å². The van der Waals surface area contributed by atoms with Crippen LogP contribution in [0.25, 0.3) is 0 Å². The molecule has 19 heavy (non-hydrogen) atoms. The molecular formula is C13H17NO5. The summed E-state index contributed by atoms with van der Waals surface area (Å²) in [7, 11) is 0. The Labute approximate surface area is 111 Å². The van der Waals surface area contributed by atoms with Crippen molar-refractivity contribution in [3.63, 3.8) is 0 Å². The molecule has 104 valence electrons. The van der Waals surface area contributed by atoms with Gasteiger partial charge in [0, 0.05) is 0 Å². The maximum atomic E-state index is 11.2. The monoisotopic (exact) mass is 267 g/mol. The predicted molar refractivity (Wildman–Crippen MR) is 67.9 cm³/mol. The van der Waals surface area contributed by atoms with E-state index in [1.807, 2.05) is 19.1 Å². The highest BCUT2D eigenvalue weighted by Gasteiger charge is 2.07. The van der Waals surface area contributed by atoms with Gasteiger partial charge in [0.2, 0.25) is 0 Å². The van der Waals surface area contributed by atoms with Crippen LogP contribution in [-0.4, -0.2) is 31.7 Å². The lowest BCUT2D eigenvalue weighted by atomic mass is 10.3. The van der Waals surface area contributed by atoms with Crippen LogP contribution in [0.5, 0.6) is 11.5 Å². The zero-order valence-electron chi connectivity index (χ0n) is 10.8. The van der Waals surface area contributed by atoms with Crippen molar-refractivity contribution < 1.29 is 23.8 Å². The topological polar surface area (TPSA) is 87.8 Å². The molecule has 0 aliphatic heterocycles. The molecular weight excluding hydrogens is 250 g/mol. The Balaban J connectivity index is 2.36. The number of rotatable bonds is 8. The molecule has 1 amide bonds. The third-order valence-electron chi connectivity index (χ3n) is 2.09. The quantitative estimate of drug-likeness (QED) is 0.706. The average Bonchev–Trinajstić information content (AvgIpc) is 2.39. The lowest BCUT2D eigenvalue weighted by Crippen LogP contribution is -2.21. The summed E-state index contributed by atoms with van der Waals surface area (Å²) in [6.45, 7) is 2.13. The van der Waals surface area contributed by atoms with E-state index in [-0.39, 0.29) is 13.0 Å². The summed E-state index contributed by atoms with van der Waals surface area (Å²) in [6, 6.07) is 7.17. The van der Waals surface area contributed by atoms with Crippen molar-refractivity contribution in [1.29, 1.82) is 0 Å². The molecule has 0 spiro atoms. The minimum Gasteiger partial charge on any atom is -0.490 e. The number of ether oxygens (including phenoxy) is 3. The molecule has 1 aromatic carbocycles. The van der Waals surface area contributed by atoms with Gasteiger partial charge in [0.1, 0.15) is 0 Å². The number of para-hydroxylation sites is 2. The molecule has 0 bridgehead atoms. The normalized spacial score (nSPS) is 9.74. The Morgan fingerprint density at radius 1 is 1.16 bits per heavy atom. The number of carbonyl (C=O) groups excluding carboxylic acids is 2. The highest BCUT2D eigenvalue weighted by Crippen LogP contribution is 2.26. The summed E-state index contributed by atoms with van der Waals surface area (Å²) in [5, 5.41) is 0. The molecule has 0 aliphatic carbocycles. The highest BCUT2D eigenvalue weighted by atomic mass is 16.5. The summed E-state index contributed by atoms with van der Waals surface area (Å²) in [5.41, 5.74) is 4.85. The maximum absolute atomic E-state index is 11.2. The highest BCUT2D eigenvalue weighted by molar-refractivity contribution is 5.79. The number of amides is 1. The molecule has 0 aromatic heterocycles. The maximum Gasteiger partial charge on any atom is 0.309 e. The van der Waals surface area contributed by atoms with Crippen LogP contribution in [0.4, 0.5) is 0 Å². The number of esters is 1. The summed E-state index contributed by atoms with van der Waals surface area (Å²) in [6.07, 6.45) is 0.0355. The zero-order valence-corrected chi connectivity index (χ0v) is 10.8. The van der Waals surface area contributed by atoms with E-state index in [1.54, 1.807) is 12.1 Å². The standard InChI is InChI=1S/C13H17NO5/c1-2-17-10-5-3-4-6-11(10)18-8-7-13(16)19-9-12(14)15/h3-6H,2,7-9H2,1H3,(H2,14,15). The SMILES string of the molecule is CCOc1ccccc1OCCC(=O)OCC(N)=O. The lowest BCUT2D eigenvalue weighted by Gasteiger charge is -2.11. The summed E-state index contributed by atoms with van der Waals surface area (Å²) < 4.78 is 15.4. The zero-order chi connectivity index (χ0) is 14.1. The average molecular weight is 267 g/mol. The molecule has 0 fully saturated rings. The Morgan fingerprint density at radius 3 is 2.37 bits per heavy atom. The van der Waals surface area contributed by atoms with Gasteiger partial charge in [0.05, 0.1) is 19.6 Å². The van der Waals surface area contributed by atoms with Crippen molar-refractivity contribution >= 4 is 11.9 Å². The van der Waals surface area contributed by atoms with E-state index < -0.39 is 18.5 Å². The molecule has 0 aliphatic rings. The lowest BCUT2D eigenvalue weighted by molar-refractivity contribution is -0.148. The van der Waals surface area contributed by atoms with Gasteiger partial charge in [0.15, 0.2) is 18.1 Å². The van der Waals surface area contributed by atoms with Gasteiger partial charge in [-0.05, 0) is 19.1 Å². The van der Waals surface area contributed by atoms with Gasteiger partial charge in [-0.2, -0.15) is 0 Å². The Bertz CT molecular complexity index is 433. The Hall–Kier alpha value is -2.24. The molecule has 0 radical (unpaired) electrons. The Kier molecular flexibility index (Phi) is 6.21. The summed E-state index contributed by atoms with van der Waals surface area (Å²) in [5.74, 6) is -0.0359. The molecule has 1 rings (SSSR count). The van der Waals surface area contributed by atoms with Crippen molar-refractivity contribution in [2.24, 2.45) is 5.73 Å². The number of carbonyl (C=O) groups is 2. The summed E-state index contributed by atoms with van der Waals surface area (Å²) in [4.78, 5) is 21.6. The molecule has 6 nitrogen and oxygen atoms in total. The van der Waals surface area contributed by atoms with Crippen molar-refractivity contribution in [3.05, 3.63) is 24.3 Å². The fraction of sp³-hybridized carbons (Fsp3) is 0.385. The van der Waals surface area contributed by atoms with E-state index in [4.69, 9.17) is 15.2 Å². The van der Waals surface area contributed by atoms with E-state index in [0.717, 1.165) is 0 Å². The molecule has 0 saturated carbocycles. The third-order valence-corrected chi connectivity index (χ3v) is 2.09. The molecule has 0 heterocycles. The van der Waals surface area contributed by atoms with Crippen LogP contribution in [0.2, 0.25) is 0 Å². The van der Waals surface area contributed by atoms with Crippen molar-refractivity contribution in [1.82, 2.24) is 0 Å². The Morgan fingerprint density at radius 2 is 1.79 bits per heavy atom. The number of primary amides is 1. The molecule has 1 aromatic rings. The van der Waals surface area contributed by atoms with Gasteiger partial charge in [-0.3, -0.25) is 9.59 Å². The number of hydrogen-bond acceptors (Lipinski definition) is 5. The first-order chi connectivity index (χ1) is 9.13. The second-order valence-corrected chi connectivity index (χ2v) is 3.61. The fourth-order valence-electron chi connectivity index (χ4n) is 1.31. The van der Waals surface area contributed by atoms with Gasteiger partial charge in [-0.15, -0.1) is 0 Å². The molecule has 0 unspecified atom stereocenters. The van der Waals surface area contributed by atoms with Gasteiger partial charge >= 0.3 is 5.97 Å². The van der Waals surface area contributed by atoms with Crippen LogP contribution in [0, 0.1) is 0 Å². The number of nitrogens with two attached hydrogens (primary N) is 1. The van der Waals surface area contributed by atoms with Gasteiger partial charge in [-0.1, -0.05) is 12.1 Å².